The Morgan fingerprint density at radius 3 is 1.76 bits per heavy atom. The third kappa shape index (κ3) is 1.89. The Balaban J connectivity index is 2.33. The molecule has 3 rings (SSSR count). The summed E-state index contributed by atoms with van der Waals surface area (Å²) in [7, 11) is 0. The average molecular weight is 290 g/mol. The van der Waals surface area contributed by atoms with Crippen molar-refractivity contribution in [1.29, 1.82) is 0 Å². The van der Waals surface area contributed by atoms with E-state index < -0.39 is 22.8 Å². The first-order valence-corrected chi connectivity index (χ1v) is 5.90. The highest BCUT2D eigenvalue weighted by atomic mass is 16.2. The van der Waals surface area contributed by atoms with Crippen molar-refractivity contribution in [3.63, 3.8) is 0 Å². The van der Waals surface area contributed by atoms with Crippen LogP contribution in [0.3, 0.4) is 0 Å². The summed E-state index contributed by atoms with van der Waals surface area (Å²) >= 11 is 0. The van der Waals surface area contributed by atoms with Crippen molar-refractivity contribution in [3.8, 4) is 11.4 Å². The summed E-state index contributed by atoms with van der Waals surface area (Å²) in [6.45, 7) is 1.70. The summed E-state index contributed by atoms with van der Waals surface area (Å²) in [6, 6.07) is 4.54. The van der Waals surface area contributed by atoms with Gasteiger partial charge in [0.15, 0.2) is 0 Å². The molecule has 0 bridgehead atoms. The normalized spacial score (nSPS) is 10.9. The largest absolute Gasteiger partial charge is 0.348 e. The monoisotopic (exact) mass is 290 g/mol. The zero-order valence-electron chi connectivity index (χ0n) is 10.8. The molecule has 2 aromatic heterocycles. The average Bonchev–Trinajstić information content (AvgIpc) is 2.95. The van der Waals surface area contributed by atoms with E-state index in [4.69, 9.17) is 0 Å². The van der Waals surface area contributed by atoms with Gasteiger partial charge in [-0.3, -0.25) is 0 Å². The van der Waals surface area contributed by atoms with Gasteiger partial charge in [0.25, 0.3) is 0 Å². The third-order valence-corrected chi connectivity index (χ3v) is 3.06. The molecule has 2 heterocycles. The number of H-pyrrole nitrogens is 4. The molecule has 0 saturated carbocycles. The van der Waals surface area contributed by atoms with Crippen LogP contribution in [0.1, 0.15) is 5.56 Å². The first-order chi connectivity index (χ1) is 9.99. The maximum absolute atomic E-state index is 11.7. The summed E-state index contributed by atoms with van der Waals surface area (Å²) in [5, 5.41) is 8.64. The number of benzene rings is 1. The van der Waals surface area contributed by atoms with Gasteiger partial charge in [-0.2, -0.15) is 0 Å². The summed E-state index contributed by atoms with van der Waals surface area (Å²) in [4.78, 5) is 46.5. The van der Waals surface area contributed by atoms with Gasteiger partial charge < -0.3 is 0 Å². The van der Waals surface area contributed by atoms with E-state index in [1.165, 1.54) is 12.1 Å². The maximum Gasteiger partial charge on any atom is 0.348 e. The molecular formula is C11H10N6O4. The second-order valence-electron chi connectivity index (χ2n) is 4.36. The van der Waals surface area contributed by atoms with Gasteiger partial charge in [-0.15, -0.1) is 0 Å². The van der Waals surface area contributed by atoms with E-state index in [9.17, 15) is 19.2 Å². The molecule has 0 atom stereocenters. The highest BCUT2D eigenvalue weighted by molar-refractivity contribution is 5.48. The molecule has 3 aromatic rings. The van der Waals surface area contributed by atoms with E-state index in [1.807, 2.05) is 0 Å². The van der Waals surface area contributed by atoms with Gasteiger partial charge >= 0.3 is 22.8 Å². The predicted octanol–water partition coefficient (Wildman–Crippen LogP) is -1.67. The van der Waals surface area contributed by atoms with Gasteiger partial charge in [-0.25, -0.2) is 48.7 Å². The van der Waals surface area contributed by atoms with E-state index in [2.05, 4.69) is 20.4 Å². The molecule has 0 saturated heterocycles. The number of aromatic amines is 4. The van der Waals surface area contributed by atoms with Crippen molar-refractivity contribution < 1.29 is 0 Å². The molecule has 0 radical (unpaired) electrons. The zero-order valence-corrected chi connectivity index (χ0v) is 10.8. The Morgan fingerprint density at radius 1 is 0.762 bits per heavy atom. The Kier molecular flexibility index (Phi) is 2.65. The van der Waals surface area contributed by atoms with Crippen molar-refractivity contribution in [3.05, 3.63) is 65.7 Å². The summed E-state index contributed by atoms with van der Waals surface area (Å²) in [5.74, 6) is 0. The fourth-order valence-electron chi connectivity index (χ4n) is 2.05. The molecule has 0 aliphatic rings. The second kappa shape index (κ2) is 4.37. The van der Waals surface area contributed by atoms with Crippen molar-refractivity contribution in [1.82, 2.24) is 29.5 Å². The number of aromatic nitrogens is 6. The number of nitrogens with zero attached hydrogens (tertiary/aromatic N) is 2. The molecule has 0 unspecified atom stereocenters. The minimum absolute atomic E-state index is 0.232. The number of hydrogen-bond acceptors (Lipinski definition) is 4. The predicted molar refractivity (Wildman–Crippen MR) is 72.3 cm³/mol. The van der Waals surface area contributed by atoms with Gasteiger partial charge in [-0.05, 0) is 24.6 Å². The van der Waals surface area contributed by atoms with Crippen LogP contribution in [0.5, 0.6) is 0 Å². The standard InChI is InChI=1S/C11H10N6O4/c1-5-2-3-6(16-8(18)12-13-9(16)19)4-7(5)17-10(20)14-15-11(17)21/h2-4H,1H3,(H,12,18)(H,13,19)(H,14,20)(H,15,21). The highest BCUT2D eigenvalue weighted by Crippen LogP contribution is 2.14. The molecule has 0 fully saturated rings. The summed E-state index contributed by atoms with van der Waals surface area (Å²) in [6.07, 6.45) is 0. The van der Waals surface area contributed by atoms with E-state index in [1.54, 1.807) is 13.0 Å². The molecule has 0 aliphatic carbocycles. The molecular weight excluding hydrogens is 280 g/mol. The lowest BCUT2D eigenvalue weighted by molar-refractivity contribution is 0.916. The Bertz CT molecular complexity index is 985. The van der Waals surface area contributed by atoms with Gasteiger partial charge in [-0.1, -0.05) is 6.07 Å². The van der Waals surface area contributed by atoms with E-state index in [0.29, 0.717) is 5.56 Å². The van der Waals surface area contributed by atoms with Crippen LogP contribution in [-0.2, 0) is 0 Å². The third-order valence-electron chi connectivity index (χ3n) is 3.06. The maximum atomic E-state index is 11.7. The fourth-order valence-corrected chi connectivity index (χ4v) is 2.05. The second-order valence-corrected chi connectivity index (χ2v) is 4.36. The molecule has 10 nitrogen and oxygen atoms in total. The van der Waals surface area contributed by atoms with Crippen LogP contribution < -0.4 is 22.8 Å². The topological polar surface area (TPSA) is 141 Å². The SMILES string of the molecule is Cc1ccc(-n2c(=O)[nH][nH]c2=O)cc1-n1c(=O)[nH][nH]c1=O. The molecule has 108 valence electrons. The van der Waals surface area contributed by atoms with Crippen LogP contribution in [0, 0.1) is 6.92 Å². The number of hydrogen-bond donors (Lipinski definition) is 4. The van der Waals surface area contributed by atoms with Gasteiger partial charge in [0.2, 0.25) is 0 Å². The zero-order chi connectivity index (χ0) is 15.1. The van der Waals surface area contributed by atoms with E-state index in [0.717, 1.165) is 9.13 Å². The van der Waals surface area contributed by atoms with Crippen LogP contribution in [-0.4, -0.2) is 29.5 Å². The molecule has 0 spiro atoms. The van der Waals surface area contributed by atoms with Crippen LogP contribution in [0.25, 0.3) is 11.4 Å². The molecule has 0 aliphatic heterocycles. The lowest BCUT2D eigenvalue weighted by Gasteiger charge is -2.07. The molecule has 4 N–H and O–H groups in total. The van der Waals surface area contributed by atoms with Crippen molar-refractivity contribution in [2.45, 2.75) is 6.92 Å². The number of nitrogens with one attached hydrogen (secondary N) is 4. The van der Waals surface area contributed by atoms with Gasteiger partial charge in [0.1, 0.15) is 0 Å². The van der Waals surface area contributed by atoms with Crippen LogP contribution >= 0.6 is 0 Å². The fraction of sp³-hybridized carbons (Fsp3) is 0.0909. The smallest absolute Gasteiger partial charge is 0.247 e. The van der Waals surface area contributed by atoms with Gasteiger partial charge in [0.05, 0.1) is 11.4 Å². The first kappa shape index (κ1) is 12.7. The van der Waals surface area contributed by atoms with Crippen LogP contribution in [0.15, 0.2) is 37.4 Å². The van der Waals surface area contributed by atoms with Crippen molar-refractivity contribution in [2.75, 3.05) is 0 Å². The quantitative estimate of drug-likeness (QED) is 0.447. The summed E-state index contributed by atoms with van der Waals surface area (Å²) in [5.41, 5.74) is -1.45. The number of aryl methyl sites for hydroxylation is 1. The molecule has 0 amide bonds. The minimum atomic E-state index is -0.648. The van der Waals surface area contributed by atoms with Gasteiger partial charge in [0, 0.05) is 0 Å². The van der Waals surface area contributed by atoms with Crippen molar-refractivity contribution >= 4 is 0 Å². The Labute approximate surface area is 114 Å². The van der Waals surface area contributed by atoms with Crippen LogP contribution in [0.2, 0.25) is 0 Å². The lowest BCUT2D eigenvalue weighted by atomic mass is 10.2. The first-order valence-electron chi connectivity index (χ1n) is 5.90. The highest BCUT2D eigenvalue weighted by Gasteiger charge is 2.12. The summed E-state index contributed by atoms with van der Waals surface area (Å²) < 4.78 is 1.74. The lowest BCUT2D eigenvalue weighted by Crippen LogP contribution is -2.27. The molecule has 10 heteroatoms. The Hall–Kier alpha value is -3.30. The van der Waals surface area contributed by atoms with E-state index >= 15 is 0 Å². The Morgan fingerprint density at radius 2 is 1.24 bits per heavy atom. The number of rotatable bonds is 2. The minimum Gasteiger partial charge on any atom is -0.247 e. The molecule has 1 aromatic carbocycles. The van der Waals surface area contributed by atoms with E-state index in [-0.39, 0.29) is 11.4 Å². The molecule has 21 heavy (non-hydrogen) atoms. The van der Waals surface area contributed by atoms with Crippen LogP contribution in [0.4, 0.5) is 0 Å². The van der Waals surface area contributed by atoms with Crippen molar-refractivity contribution in [2.24, 2.45) is 0 Å².